The number of nitrogens with zero attached hydrogens (tertiary/aromatic N) is 3. The van der Waals surface area contributed by atoms with Gasteiger partial charge in [0.25, 0.3) is 5.69 Å². The van der Waals surface area contributed by atoms with Crippen LogP contribution >= 0.6 is 11.6 Å². The fourth-order valence-electron chi connectivity index (χ4n) is 1.78. The van der Waals surface area contributed by atoms with Gasteiger partial charge in [-0.3, -0.25) is 15.1 Å². The van der Waals surface area contributed by atoms with Gasteiger partial charge < -0.3 is 5.84 Å². The van der Waals surface area contributed by atoms with Crippen molar-refractivity contribution in [2.45, 2.75) is 6.18 Å². The van der Waals surface area contributed by atoms with Gasteiger partial charge in [0.2, 0.25) is 0 Å². The maximum atomic E-state index is 12.6. The van der Waals surface area contributed by atoms with Crippen LogP contribution in [0.3, 0.4) is 0 Å². The van der Waals surface area contributed by atoms with Gasteiger partial charge in [0.1, 0.15) is 11.4 Å². The lowest BCUT2D eigenvalue weighted by Gasteiger charge is -2.10. The van der Waals surface area contributed by atoms with E-state index in [1.54, 1.807) is 0 Å². The van der Waals surface area contributed by atoms with Crippen molar-refractivity contribution in [3.63, 3.8) is 0 Å². The van der Waals surface area contributed by atoms with Crippen molar-refractivity contribution in [3.05, 3.63) is 68.5 Å². The van der Waals surface area contributed by atoms with E-state index in [0.29, 0.717) is 17.8 Å². The molecule has 1 heterocycles. The van der Waals surface area contributed by atoms with Crippen molar-refractivity contribution in [1.29, 1.82) is 0 Å². The summed E-state index contributed by atoms with van der Waals surface area (Å²) in [5.41, 5.74) is -0.884. The third-order valence-corrected chi connectivity index (χ3v) is 3.16. The van der Waals surface area contributed by atoms with Gasteiger partial charge in [0.05, 0.1) is 15.5 Å². The number of alkyl halides is 3. The molecule has 2 N–H and O–H groups in total. The first-order chi connectivity index (χ1) is 10.7. The maximum Gasteiger partial charge on any atom is 0.417 e. The summed E-state index contributed by atoms with van der Waals surface area (Å²) >= 11 is 5.83. The molecule has 0 radical (unpaired) electrons. The minimum absolute atomic E-state index is 0.0126. The highest BCUT2D eigenvalue weighted by Gasteiger charge is 2.32. The third kappa shape index (κ3) is 3.57. The number of rotatable bonds is 3. The summed E-state index contributed by atoms with van der Waals surface area (Å²) in [5.74, 6) is 5.26. The standard InChI is InChI=1S/C13H8ClF3N4O2/c14-10-5-8(13(15,16)17)6-19-12(10)11(20-18)7-1-3-9(4-2-7)21(22)23/h1-6H,18H2/b20-11+. The molecule has 0 aliphatic carbocycles. The predicted molar refractivity (Wildman–Crippen MR) is 77.2 cm³/mol. The van der Waals surface area contributed by atoms with Crippen LogP contribution in [-0.2, 0) is 6.18 Å². The Labute approximate surface area is 132 Å². The highest BCUT2D eigenvalue weighted by molar-refractivity contribution is 6.35. The summed E-state index contributed by atoms with van der Waals surface area (Å²) in [6.45, 7) is 0. The molecule has 0 fully saturated rings. The van der Waals surface area contributed by atoms with E-state index >= 15 is 0 Å². The van der Waals surface area contributed by atoms with Crippen molar-refractivity contribution < 1.29 is 18.1 Å². The number of halogens is 4. The second-order valence-corrected chi connectivity index (χ2v) is 4.74. The SMILES string of the molecule is N/N=C(\c1ccc([N+](=O)[O-])cc1)c1ncc(C(F)(F)F)cc1Cl. The molecule has 2 rings (SSSR count). The largest absolute Gasteiger partial charge is 0.417 e. The van der Waals surface area contributed by atoms with Crippen LogP contribution in [0.1, 0.15) is 16.8 Å². The summed E-state index contributed by atoms with van der Waals surface area (Å²) in [7, 11) is 0. The van der Waals surface area contributed by atoms with E-state index in [9.17, 15) is 23.3 Å². The molecule has 0 saturated carbocycles. The predicted octanol–water partition coefficient (Wildman–Crippen LogP) is 3.37. The third-order valence-electron chi connectivity index (χ3n) is 2.87. The molecule has 0 amide bonds. The van der Waals surface area contributed by atoms with E-state index in [1.807, 2.05) is 0 Å². The minimum atomic E-state index is -4.58. The molecular weight excluding hydrogens is 337 g/mol. The van der Waals surface area contributed by atoms with Gasteiger partial charge in [-0.25, -0.2) is 0 Å². The summed E-state index contributed by atoms with van der Waals surface area (Å²) in [5, 5.41) is 13.8. The molecule has 0 aliphatic heterocycles. The summed E-state index contributed by atoms with van der Waals surface area (Å²) in [4.78, 5) is 13.7. The van der Waals surface area contributed by atoms with E-state index < -0.39 is 16.7 Å². The quantitative estimate of drug-likeness (QED) is 0.399. The van der Waals surface area contributed by atoms with Crippen molar-refractivity contribution in [2.24, 2.45) is 10.9 Å². The maximum absolute atomic E-state index is 12.6. The highest BCUT2D eigenvalue weighted by atomic mass is 35.5. The lowest BCUT2D eigenvalue weighted by atomic mass is 10.1. The molecule has 0 aliphatic rings. The van der Waals surface area contributed by atoms with Crippen LogP contribution in [0, 0.1) is 10.1 Å². The monoisotopic (exact) mass is 344 g/mol. The Morgan fingerprint density at radius 3 is 2.35 bits per heavy atom. The zero-order chi connectivity index (χ0) is 17.2. The van der Waals surface area contributed by atoms with Gasteiger partial charge in [-0.15, -0.1) is 0 Å². The highest BCUT2D eigenvalue weighted by Crippen LogP contribution is 2.31. The number of hydrogen-bond acceptors (Lipinski definition) is 5. The Balaban J connectivity index is 2.44. The number of nitro benzene ring substituents is 1. The van der Waals surface area contributed by atoms with Gasteiger partial charge in [-0.05, 0) is 18.2 Å². The fourth-order valence-corrected chi connectivity index (χ4v) is 2.04. The van der Waals surface area contributed by atoms with Crippen molar-refractivity contribution >= 4 is 23.0 Å². The summed E-state index contributed by atoms with van der Waals surface area (Å²) in [6.07, 6.45) is -3.97. The molecular formula is C13H8ClF3N4O2. The second kappa shape index (κ2) is 6.21. The molecule has 0 bridgehead atoms. The van der Waals surface area contributed by atoms with Gasteiger partial charge in [-0.2, -0.15) is 18.3 Å². The summed E-state index contributed by atoms with van der Waals surface area (Å²) in [6, 6.07) is 5.82. The summed E-state index contributed by atoms with van der Waals surface area (Å²) < 4.78 is 37.8. The Morgan fingerprint density at radius 1 is 1.30 bits per heavy atom. The average Bonchev–Trinajstić information content (AvgIpc) is 2.49. The van der Waals surface area contributed by atoms with Crippen molar-refractivity contribution in [3.8, 4) is 0 Å². The number of nitro groups is 1. The molecule has 2 aromatic rings. The Kier molecular flexibility index (Phi) is 4.50. The van der Waals surface area contributed by atoms with Gasteiger partial charge in [0, 0.05) is 23.9 Å². The van der Waals surface area contributed by atoms with Gasteiger partial charge >= 0.3 is 6.18 Å². The van der Waals surface area contributed by atoms with Gasteiger partial charge in [-0.1, -0.05) is 11.6 Å². The lowest BCUT2D eigenvalue weighted by molar-refractivity contribution is -0.384. The molecule has 1 aromatic carbocycles. The fraction of sp³-hybridized carbons (Fsp3) is 0.0769. The number of aromatic nitrogens is 1. The molecule has 10 heteroatoms. The van der Waals surface area contributed by atoms with Crippen LogP contribution < -0.4 is 5.84 Å². The van der Waals surface area contributed by atoms with E-state index in [0.717, 1.165) is 0 Å². The number of pyridine rings is 1. The molecule has 0 spiro atoms. The molecule has 1 aromatic heterocycles. The van der Waals surface area contributed by atoms with Crippen LogP contribution in [0.25, 0.3) is 0 Å². The topological polar surface area (TPSA) is 94.4 Å². The lowest BCUT2D eigenvalue weighted by Crippen LogP contribution is -2.12. The van der Waals surface area contributed by atoms with Crippen LogP contribution in [0.4, 0.5) is 18.9 Å². The van der Waals surface area contributed by atoms with Crippen LogP contribution in [-0.4, -0.2) is 15.6 Å². The van der Waals surface area contributed by atoms with Crippen LogP contribution in [0.15, 0.2) is 41.6 Å². The molecule has 0 unspecified atom stereocenters. The molecule has 6 nitrogen and oxygen atoms in total. The smallest absolute Gasteiger partial charge is 0.323 e. The first-order valence-corrected chi connectivity index (χ1v) is 6.37. The molecule has 0 atom stereocenters. The van der Waals surface area contributed by atoms with E-state index in [1.165, 1.54) is 24.3 Å². The van der Waals surface area contributed by atoms with E-state index in [-0.39, 0.29) is 22.1 Å². The molecule has 23 heavy (non-hydrogen) atoms. The van der Waals surface area contributed by atoms with E-state index in [4.69, 9.17) is 17.4 Å². The number of hydrazone groups is 1. The Hall–Kier alpha value is -2.68. The van der Waals surface area contributed by atoms with Crippen molar-refractivity contribution in [2.75, 3.05) is 0 Å². The molecule has 0 saturated heterocycles. The zero-order valence-corrected chi connectivity index (χ0v) is 12.0. The second-order valence-electron chi connectivity index (χ2n) is 4.33. The van der Waals surface area contributed by atoms with Crippen LogP contribution in [0.2, 0.25) is 5.02 Å². The number of benzene rings is 1. The first kappa shape index (κ1) is 16.7. The number of hydrogen-bond donors (Lipinski definition) is 1. The number of nitrogens with two attached hydrogens (primary N) is 1. The number of non-ortho nitro benzene ring substituents is 1. The zero-order valence-electron chi connectivity index (χ0n) is 11.2. The van der Waals surface area contributed by atoms with Crippen molar-refractivity contribution in [1.82, 2.24) is 4.98 Å². The van der Waals surface area contributed by atoms with Crippen LogP contribution in [0.5, 0.6) is 0 Å². The van der Waals surface area contributed by atoms with Gasteiger partial charge in [0.15, 0.2) is 0 Å². The Morgan fingerprint density at radius 2 is 1.91 bits per heavy atom. The normalized spacial score (nSPS) is 12.3. The first-order valence-electron chi connectivity index (χ1n) is 6.00. The van der Waals surface area contributed by atoms with E-state index in [2.05, 4.69) is 10.1 Å². The average molecular weight is 345 g/mol. The minimum Gasteiger partial charge on any atom is -0.323 e. The Bertz CT molecular complexity index is 776. The molecule has 120 valence electrons.